The maximum absolute atomic E-state index is 12.2. The third-order valence-corrected chi connectivity index (χ3v) is 4.45. The van der Waals surface area contributed by atoms with E-state index in [0.29, 0.717) is 33.9 Å². The molecule has 0 saturated heterocycles. The lowest BCUT2D eigenvalue weighted by molar-refractivity contribution is 0.0846. The number of carbonyl (C=O) groups excluding carboxylic acids is 2. The largest absolute Gasteiger partial charge is 0.492 e. The number of rotatable bonds is 6. The fourth-order valence-corrected chi connectivity index (χ4v) is 2.74. The first-order valence-electron chi connectivity index (χ1n) is 8.47. The molecule has 0 spiro atoms. The number of carbonyl (C=O) groups is 2. The molecule has 0 aliphatic rings. The number of aryl methyl sites for hydroxylation is 1. The minimum Gasteiger partial charge on any atom is -0.492 e. The first kappa shape index (κ1) is 20.0. The van der Waals surface area contributed by atoms with Gasteiger partial charge in [-0.25, -0.2) is 0 Å². The van der Waals surface area contributed by atoms with E-state index in [9.17, 15) is 9.59 Å². The molecule has 0 heterocycles. The van der Waals surface area contributed by atoms with Gasteiger partial charge in [-0.2, -0.15) is 0 Å². The van der Waals surface area contributed by atoms with Crippen molar-refractivity contribution in [2.75, 3.05) is 6.61 Å². The summed E-state index contributed by atoms with van der Waals surface area (Å²) < 4.78 is 6.40. The maximum Gasteiger partial charge on any atom is 0.269 e. The molecule has 0 radical (unpaired) electrons. The van der Waals surface area contributed by atoms with Crippen molar-refractivity contribution in [1.82, 2.24) is 10.9 Å². The van der Waals surface area contributed by atoms with Crippen molar-refractivity contribution in [2.24, 2.45) is 5.92 Å². The summed E-state index contributed by atoms with van der Waals surface area (Å²) in [7, 11) is 0. The van der Waals surface area contributed by atoms with Gasteiger partial charge in [0.05, 0.1) is 11.1 Å². The third kappa shape index (κ3) is 5.59. The zero-order valence-corrected chi connectivity index (χ0v) is 16.7. The van der Waals surface area contributed by atoms with E-state index in [1.54, 1.807) is 30.3 Å². The van der Waals surface area contributed by atoms with Crippen molar-refractivity contribution in [1.29, 1.82) is 0 Å². The molecule has 26 heavy (non-hydrogen) atoms. The molecule has 2 rings (SSSR count). The van der Waals surface area contributed by atoms with Crippen LogP contribution in [0.5, 0.6) is 5.75 Å². The maximum atomic E-state index is 12.2. The van der Waals surface area contributed by atoms with Gasteiger partial charge in [0, 0.05) is 11.1 Å². The Balaban J connectivity index is 1.94. The van der Waals surface area contributed by atoms with E-state index in [4.69, 9.17) is 4.74 Å². The molecule has 5 nitrogen and oxygen atoms in total. The summed E-state index contributed by atoms with van der Waals surface area (Å²) in [5, 5.41) is 0. The second-order valence-corrected chi connectivity index (χ2v) is 7.25. The molecule has 0 saturated carbocycles. The summed E-state index contributed by atoms with van der Waals surface area (Å²) in [5.41, 5.74) is 6.63. The molecule has 0 aliphatic heterocycles. The summed E-state index contributed by atoms with van der Waals surface area (Å²) in [6.45, 7) is 6.73. The molecular weight excluding hydrogens is 396 g/mol. The number of nitrogens with one attached hydrogen (secondary N) is 2. The first-order chi connectivity index (χ1) is 12.4. The molecule has 138 valence electrons. The number of benzene rings is 2. The number of hydrazine groups is 1. The third-order valence-electron chi connectivity index (χ3n) is 3.83. The molecule has 0 aromatic heterocycles. The lowest BCUT2D eigenvalue weighted by Gasteiger charge is -2.12. The Morgan fingerprint density at radius 3 is 2.42 bits per heavy atom. The molecule has 2 aromatic rings. The van der Waals surface area contributed by atoms with E-state index in [1.165, 1.54) is 0 Å². The van der Waals surface area contributed by atoms with Crippen LogP contribution in [-0.4, -0.2) is 18.4 Å². The van der Waals surface area contributed by atoms with Crippen molar-refractivity contribution in [3.63, 3.8) is 0 Å². The highest BCUT2D eigenvalue weighted by molar-refractivity contribution is 9.10. The van der Waals surface area contributed by atoms with E-state index in [-0.39, 0.29) is 5.91 Å². The van der Waals surface area contributed by atoms with E-state index < -0.39 is 5.91 Å². The predicted molar refractivity (Wildman–Crippen MR) is 105 cm³/mol. The molecule has 0 unspecified atom stereocenters. The monoisotopic (exact) mass is 418 g/mol. The standard InChI is InChI=1S/C20H23BrN2O3/c1-13(2)10-11-26-18-9-8-15(12-17(18)21)19(24)22-23-20(25)16-7-5-4-6-14(16)3/h4-9,12-13H,10-11H2,1-3H3,(H,22,24)(H,23,25). The number of hydrogen-bond donors (Lipinski definition) is 2. The Kier molecular flexibility index (Phi) is 7.21. The van der Waals surface area contributed by atoms with Crippen LogP contribution in [0.1, 0.15) is 46.5 Å². The van der Waals surface area contributed by atoms with Crippen LogP contribution in [0.3, 0.4) is 0 Å². The summed E-state index contributed by atoms with van der Waals surface area (Å²) in [5.74, 6) is 0.493. The molecule has 0 aliphatic carbocycles. The molecule has 6 heteroatoms. The molecule has 2 amide bonds. The van der Waals surface area contributed by atoms with Crippen LogP contribution in [0.25, 0.3) is 0 Å². The Labute approximate surface area is 162 Å². The Morgan fingerprint density at radius 2 is 1.77 bits per heavy atom. The van der Waals surface area contributed by atoms with Crippen LogP contribution in [0, 0.1) is 12.8 Å². The van der Waals surface area contributed by atoms with Gasteiger partial charge >= 0.3 is 0 Å². The Morgan fingerprint density at radius 1 is 1.08 bits per heavy atom. The van der Waals surface area contributed by atoms with Crippen molar-refractivity contribution in [3.8, 4) is 5.75 Å². The number of ether oxygens (including phenoxy) is 1. The van der Waals surface area contributed by atoms with Crippen molar-refractivity contribution < 1.29 is 14.3 Å². The van der Waals surface area contributed by atoms with Gasteiger partial charge in [0.2, 0.25) is 0 Å². The van der Waals surface area contributed by atoms with E-state index in [0.717, 1.165) is 12.0 Å². The van der Waals surface area contributed by atoms with Gasteiger partial charge in [0.15, 0.2) is 0 Å². The fourth-order valence-electron chi connectivity index (χ4n) is 2.24. The molecule has 2 aromatic carbocycles. The SMILES string of the molecule is Cc1ccccc1C(=O)NNC(=O)c1ccc(OCCC(C)C)c(Br)c1. The summed E-state index contributed by atoms with van der Waals surface area (Å²) >= 11 is 3.42. The first-order valence-corrected chi connectivity index (χ1v) is 9.26. The highest BCUT2D eigenvalue weighted by Gasteiger charge is 2.12. The van der Waals surface area contributed by atoms with Gasteiger partial charge in [-0.3, -0.25) is 20.4 Å². The van der Waals surface area contributed by atoms with E-state index in [2.05, 4.69) is 40.6 Å². The Bertz CT molecular complexity index is 790. The summed E-state index contributed by atoms with van der Waals surface area (Å²) in [6, 6.07) is 12.2. The van der Waals surface area contributed by atoms with Crippen LogP contribution in [0.2, 0.25) is 0 Å². The second-order valence-electron chi connectivity index (χ2n) is 6.40. The normalized spacial score (nSPS) is 10.5. The predicted octanol–water partition coefficient (Wildman–Crippen LogP) is 4.26. The van der Waals surface area contributed by atoms with Crippen molar-refractivity contribution >= 4 is 27.7 Å². The highest BCUT2D eigenvalue weighted by Crippen LogP contribution is 2.26. The van der Waals surface area contributed by atoms with Gasteiger partial charge in [0.1, 0.15) is 5.75 Å². The minimum atomic E-state index is -0.402. The zero-order chi connectivity index (χ0) is 19.1. The molecular formula is C20H23BrN2O3. The fraction of sp³-hybridized carbons (Fsp3) is 0.300. The lowest BCUT2D eigenvalue weighted by atomic mass is 10.1. The number of hydrogen-bond acceptors (Lipinski definition) is 3. The average molecular weight is 419 g/mol. The van der Waals surface area contributed by atoms with Crippen LogP contribution in [-0.2, 0) is 0 Å². The molecule has 0 fully saturated rings. The second kappa shape index (κ2) is 9.38. The van der Waals surface area contributed by atoms with Crippen molar-refractivity contribution in [3.05, 3.63) is 63.6 Å². The smallest absolute Gasteiger partial charge is 0.269 e. The molecule has 0 atom stereocenters. The number of amides is 2. The van der Waals surface area contributed by atoms with Crippen LogP contribution in [0.15, 0.2) is 46.9 Å². The van der Waals surface area contributed by atoms with Crippen LogP contribution >= 0.6 is 15.9 Å². The van der Waals surface area contributed by atoms with E-state index >= 15 is 0 Å². The summed E-state index contributed by atoms with van der Waals surface area (Å²) in [4.78, 5) is 24.4. The van der Waals surface area contributed by atoms with Gasteiger partial charge in [-0.15, -0.1) is 0 Å². The Hall–Kier alpha value is -2.34. The zero-order valence-electron chi connectivity index (χ0n) is 15.1. The lowest BCUT2D eigenvalue weighted by Crippen LogP contribution is -2.41. The van der Waals surface area contributed by atoms with Gasteiger partial charge in [-0.1, -0.05) is 32.0 Å². The topological polar surface area (TPSA) is 67.4 Å². The summed E-state index contributed by atoms with van der Waals surface area (Å²) in [6.07, 6.45) is 0.958. The highest BCUT2D eigenvalue weighted by atomic mass is 79.9. The van der Waals surface area contributed by atoms with Crippen LogP contribution < -0.4 is 15.6 Å². The van der Waals surface area contributed by atoms with Gasteiger partial charge in [0.25, 0.3) is 11.8 Å². The molecule has 0 bridgehead atoms. The quantitative estimate of drug-likeness (QED) is 0.688. The molecule has 2 N–H and O–H groups in total. The number of halogens is 1. The van der Waals surface area contributed by atoms with Gasteiger partial charge in [-0.05, 0) is 65.0 Å². The van der Waals surface area contributed by atoms with E-state index in [1.807, 2.05) is 19.1 Å². The average Bonchev–Trinajstić information content (AvgIpc) is 2.60. The van der Waals surface area contributed by atoms with Crippen molar-refractivity contribution in [2.45, 2.75) is 27.2 Å². The van der Waals surface area contributed by atoms with Crippen LogP contribution in [0.4, 0.5) is 0 Å². The minimum absolute atomic E-state index is 0.357. The van der Waals surface area contributed by atoms with Gasteiger partial charge < -0.3 is 4.74 Å².